The van der Waals surface area contributed by atoms with E-state index in [1.165, 1.54) is 22.7 Å². The molecule has 6 rings (SSSR count). The van der Waals surface area contributed by atoms with Crippen LogP contribution in [0.4, 0.5) is 0 Å². The van der Waals surface area contributed by atoms with Gasteiger partial charge in [0, 0.05) is 28.7 Å². The third kappa shape index (κ3) is 7.29. The Balaban J connectivity index is 1.46. The summed E-state index contributed by atoms with van der Waals surface area (Å²) in [5.41, 5.74) is 4.12. The molecule has 0 aliphatic carbocycles. The number of carbonyl (C=O) groups is 2. The largest absolute Gasteiger partial charge is 0.423 e. The van der Waals surface area contributed by atoms with Crippen LogP contribution < -0.4 is 9.47 Å². The van der Waals surface area contributed by atoms with Gasteiger partial charge in [0.25, 0.3) is 0 Å². The van der Waals surface area contributed by atoms with Crippen molar-refractivity contribution in [2.75, 3.05) is 0 Å². The first-order valence-corrected chi connectivity index (χ1v) is 17.2. The lowest BCUT2D eigenvalue weighted by molar-refractivity contribution is -0.129. The number of allylic oxidation sites excluding steroid dienone is 2. The van der Waals surface area contributed by atoms with E-state index in [-0.39, 0.29) is 11.5 Å². The van der Waals surface area contributed by atoms with Crippen molar-refractivity contribution >= 4 is 78.3 Å². The molecule has 0 saturated carbocycles. The molecule has 0 unspecified atom stereocenters. The summed E-state index contributed by atoms with van der Waals surface area (Å²) in [6.07, 6.45) is 5.46. The van der Waals surface area contributed by atoms with Crippen molar-refractivity contribution in [3.63, 3.8) is 0 Å². The fourth-order valence-corrected chi connectivity index (χ4v) is 7.19. The van der Waals surface area contributed by atoms with E-state index in [9.17, 15) is 20.1 Å². The predicted molar refractivity (Wildman–Crippen MR) is 203 cm³/mol. The van der Waals surface area contributed by atoms with Crippen molar-refractivity contribution < 1.29 is 19.1 Å². The third-order valence-corrected chi connectivity index (χ3v) is 10.2. The highest BCUT2D eigenvalue weighted by atomic mass is 32.1. The average molecular weight is 705 g/mol. The van der Waals surface area contributed by atoms with Crippen LogP contribution in [0.5, 0.6) is 11.5 Å². The van der Waals surface area contributed by atoms with E-state index >= 15 is 0 Å². The Morgan fingerprint density at radius 3 is 1.47 bits per heavy atom. The Labute approximate surface area is 302 Å². The molecule has 0 amide bonds. The van der Waals surface area contributed by atoms with Crippen molar-refractivity contribution in [2.24, 2.45) is 0 Å². The maximum atomic E-state index is 12.3. The standard InChI is InChI=1S/C41H28N4O4S2/c1-5-37(46)48-33-17-15-29(21-25(33)19-27(23-42)39-44-31-11-7-9-13-35(31)50-39)41(3,4)30-16-18-34(49-38(47)6-2)26(22-30)20-28(24-43)40-45-32-12-8-10-14-36(32)51-40/h5-22H,1-2H2,3-4H3/b27-19+,28-20+. The molecule has 0 spiro atoms. The van der Waals surface area contributed by atoms with Gasteiger partial charge in [0.15, 0.2) is 0 Å². The van der Waals surface area contributed by atoms with Crippen molar-refractivity contribution in [2.45, 2.75) is 19.3 Å². The Bertz CT molecular complexity index is 2280. The number of nitrogens with zero attached hydrogens (tertiary/aromatic N) is 4. The van der Waals surface area contributed by atoms with Gasteiger partial charge < -0.3 is 9.47 Å². The van der Waals surface area contributed by atoms with Crippen LogP contribution in [0.15, 0.2) is 110 Å². The lowest BCUT2D eigenvalue weighted by Crippen LogP contribution is -2.20. The second-order valence-corrected chi connectivity index (χ2v) is 13.8. The summed E-state index contributed by atoms with van der Waals surface area (Å²) in [5, 5.41) is 21.5. The molecule has 4 aromatic carbocycles. The van der Waals surface area contributed by atoms with E-state index in [0.29, 0.717) is 32.3 Å². The van der Waals surface area contributed by atoms with E-state index < -0.39 is 17.4 Å². The minimum Gasteiger partial charge on any atom is -0.423 e. The minimum absolute atomic E-state index is 0.248. The summed E-state index contributed by atoms with van der Waals surface area (Å²) >= 11 is 2.79. The van der Waals surface area contributed by atoms with Gasteiger partial charge in [-0.25, -0.2) is 19.6 Å². The molecule has 0 fully saturated rings. The molecule has 51 heavy (non-hydrogen) atoms. The van der Waals surface area contributed by atoms with Crippen LogP contribution in [0.3, 0.4) is 0 Å². The summed E-state index contributed by atoms with van der Waals surface area (Å²) in [7, 11) is 0. The van der Waals surface area contributed by atoms with Crippen LogP contribution in [0, 0.1) is 22.7 Å². The highest BCUT2D eigenvalue weighted by Crippen LogP contribution is 2.39. The predicted octanol–water partition coefficient (Wildman–Crippen LogP) is 9.54. The molecule has 0 bridgehead atoms. The van der Waals surface area contributed by atoms with Crippen molar-refractivity contribution in [1.82, 2.24) is 9.97 Å². The van der Waals surface area contributed by atoms with Crippen molar-refractivity contribution in [3.05, 3.63) is 143 Å². The number of hydrogen-bond donors (Lipinski definition) is 0. The second kappa shape index (κ2) is 14.6. The fraction of sp³-hybridized carbons (Fsp3) is 0.0732. The molecule has 0 atom stereocenters. The zero-order chi connectivity index (χ0) is 36.1. The van der Waals surface area contributed by atoms with Gasteiger partial charge in [0.1, 0.15) is 33.7 Å². The smallest absolute Gasteiger partial charge is 0.335 e. The zero-order valence-corrected chi connectivity index (χ0v) is 29.2. The number of fused-ring (bicyclic) bond motifs is 2. The summed E-state index contributed by atoms with van der Waals surface area (Å²) in [6.45, 7) is 11.1. The van der Waals surface area contributed by atoms with Crippen LogP contribution in [0.25, 0.3) is 43.7 Å². The number of ether oxygens (including phenoxy) is 2. The number of carbonyl (C=O) groups excluding carboxylic acids is 2. The molecule has 0 aliphatic rings. The number of benzene rings is 4. The normalized spacial score (nSPS) is 11.8. The maximum Gasteiger partial charge on any atom is 0.335 e. The van der Waals surface area contributed by atoms with Crippen molar-refractivity contribution in [1.29, 1.82) is 10.5 Å². The minimum atomic E-state index is -0.682. The van der Waals surface area contributed by atoms with Gasteiger partial charge in [-0.05, 0) is 71.8 Å². The van der Waals surface area contributed by atoms with Gasteiger partial charge in [0.05, 0.1) is 31.6 Å². The Morgan fingerprint density at radius 2 is 1.10 bits per heavy atom. The van der Waals surface area contributed by atoms with Gasteiger partial charge in [-0.3, -0.25) is 0 Å². The van der Waals surface area contributed by atoms with Crippen LogP contribution in [-0.2, 0) is 15.0 Å². The molecule has 2 aromatic heterocycles. The average Bonchev–Trinajstić information content (AvgIpc) is 3.78. The van der Waals surface area contributed by atoms with Gasteiger partial charge in [-0.2, -0.15) is 10.5 Å². The molecular weight excluding hydrogens is 677 g/mol. The Hall–Kier alpha value is -6.46. The first-order valence-electron chi connectivity index (χ1n) is 15.6. The van der Waals surface area contributed by atoms with Crippen LogP contribution in [0.1, 0.15) is 46.1 Å². The number of thiazole rings is 2. The lowest BCUT2D eigenvalue weighted by atomic mass is 9.77. The van der Waals surface area contributed by atoms with Crippen LogP contribution in [-0.4, -0.2) is 21.9 Å². The zero-order valence-electron chi connectivity index (χ0n) is 27.5. The van der Waals surface area contributed by atoms with Gasteiger partial charge in [-0.15, -0.1) is 22.7 Å². The quantitative estimate of drug-likeness (QED) is 0.0597. The highest BCUT2D eigenvalue weighted by molar-refractivity contribution is 7.20. The molecule has 2 heterocycles. The van der Waals surface area contributed by atoms with E-state index in [0.717, 1.165) is 43.7 Å². The van der Waals surface area contributed by atoms with Crippen LogP contribution >= 0.6 is 22.7 Å². The molecule has 0 radical (unpaired) electrons. The second-order valence-electron chi connectivity index (χ2n) is 11.7. The molecule has 6 aromatic rings. The summed E-state index contributed by atoms with van der Waals surface area (Å²) in [5.74, 6) is -0.786. The number of para-hydroxylation sites is 2. The molecule has 10 heteroatoms. The van der Waals surface area contributed by atoms with E-state index in [1.54, 1.807) is 24.3 Å². The van der Waals surface area contributed by atoms with E-state index in [1.807, 2.05) is 86.6 Å². The lowest BCUT2D eigenvalue weighted by Gasteiger charge is -2.28. The van der Waals surface area contributed by atoms with Crippen LogP contribution in [0.2, 0.25) is 0 Å². The molecule has 0 aliphatic heterocycles. The molecule has 0 N–H and O–H groups in total. The molecule has 8 nitrogen and oxygen atoms in total. The van der Waals surface area contributed by atoms with E-state index in [4.69, 9.17) is 9.47 Å². The van der Waals surface area contributed by atoms with Gasteiger partial charge in [-0.1, -0.05) is 63.4 Å². The maximum absolute atomic E-state index is 12.3. The molecule has 0 saturated heterocycles. The monoisotopic (exact) mass is 704 g/mol. The summed E-state index contributed by atoms with van der Waals surface area (Å²) in [4.78, 5) is 33.9. The SMILES string of the molecule is C=CC(=O)Oc1ccc(C(C)(C)c2ccc(OC(=O)C=C)c(/C=C(\C#N)c3nc4ccccc4s3)c2)cc1/C=C(\C#N)c1nc2ccccc2s1. The number of aromatic nitrogens is 2. The van der Waals surface area contributed by atoms with Gasteiger partial charge >= 0.3 is 11.9 Å². The highest BCUT2D eigenvalue weighted by Gasteiger charge is 2.26. The fourth-order valence-electron chi connectivity index (χ4n) is 5.32. The van der Waals surface area contributed by atoms with Crippen molar-refractivity contribution in [3.8, 4) is 23.6 Å². The van der Waals surface area contributed by atoms with E-state index in [2.05, 4.69) is 35.3 Å². The number of hydrogen-bond acceptors (Lipinski definition) is 10. The first kappa shape index (κ1) is 34.4. The topological polar surface area (TPSA) is 126 Å². The Morgan fingerprint density at radius 1 is 0.686 bits per heavy atom. The molecular formula is C41H28N4O4S2. The summed E-state index contributed by atoms with van der Waals surface area (Å²) < 4.78 is 13.0. The third-order valence-electron chi connectivity index (χ3n) is 8.11. The number of rotatable bonds is 10. The number of nitriles is 2. The molecule has 248 valence electrons. The first-order chi connectivity index (χ1) is 24.6. The van der Waals surface area contributed by atoms with Gasteiger partial charge in [0.2, 0.25) is 0 Å². The summed E-state index contributed by atoms with van der Waals surface area (Å²) in [6, 6.07) is 30.5. The number of esters is 2. The Kier molecular flexibility index (Phi) is 9.83.